The van der Waals surface area contributed by atoms with E-state index in [0.29, 0.717) is 65.7 Å². The number of aromatic nitrogens is 5. The molecule has 8 aromatic carbocycles. The quantitative estimate of drug-likeness (QED) is 0.156. The number of benzene rings is 8. The second kappa shape index (κ2) is 17.5. The van der Waals surface area contributed by atoms with Gasteiger partial charge in [0.15, 0.2) is 17.5 Å². The highest BCUT2D eigenvalue weighted by atomic mass is 19.4. The van der Waals surface area contributed by atoms with Crippen LogP contribution < -0.4 is 0 Å². The third kappa shape index (κ3) is 8.69. The highest BCUT2D eigenvalue weighted by Gasteiger charge is 2.39. The van der Waals surface area contributed by atoms with Crippen molar-refractivity contribution in [3.63, 3.8) is 0 Å². The van der Waals surface area contributed by atoms with Crippen molar-refractivity contribution in [2.24, 2.45) is 0 Å². The van der Waals surface area contributed by atoms with Crippen LogP contribution in [-0.2, 0) is 30.9 Å². The minimum Gasteiger partial charge on any atom is -0.309 e. The summed E-state index contributed by atoms with van der Waals surface area (Å²) in [5.41, 5.74) is -8.41. The molecule has 382 valence electrons. The van der Waals surface area contributed by atoms with E-state index in [0.717, 1.165) is 41.0 Å². The maximum Gasteiger partial charge on any atom is 0.417 e. The van der Waals surface area contributed by atoms with Crippen molar-refractivity contribution in [1.82, 2.24) is 24.1 Å². The van der Waals surface area contributed by atoms with Crippen molar-refractivity contribution in [2.75, 3.05) is 0 Å². The summed E-state index contributed by atoms with van der Waals surface area (Å²) in [6, 6.07) is 32.3. The third-order valence-corrected chi connectivity index (χ3v) is 12.9. The van der Waals surface area contributed by atoms with Gasteiger partial charge in [0.1, 0.15) is 0 Å². The van der Waals surface area contributed by atoms with Gasteiger partial charge in [-0.05, 0) is 103 Å². The Kier molecular flexibility index (Phi) is 11.4. The molecule has 0 unspecified atom stereocenters. The predicted octanol–water partition coefficient (Wildman–Crippen LogP) is 17.8. The molecule has 76 heavy (non-hydrogen) atoms. The minimum atomic E-state index is -5.32. The van der Waals surface area contributed by atoms with Crippen LogP contribution in [0.3, 0.4) is 0 Å². The van der Waals surface area contributed by atoms with Gasteiger partial charge in [0.05, 0.1) is 61.3 Å². The Morgan fingerprint density at radius 3 is 1.00 bits per heavy atom. The van der Waals surface area contributed by atoms with E-state index in [4.69, 9.17) is 9.97 Å². The Balaban J connectivity index is 1.30. The van der Waals surface area contributed by atoms with Crippen LogP contribution in [0.2, 0.25) is 0 Å². The molecule has 5 nitrogen and oxygen atoms in total. The summed E-state index contributed by atoms with van der Waals surface area (Å²) in [5, 5.41) is -1.61. The van der Waals surface area contributed by atoms with Gasteiger partial charge in [-0.1, -0.05) is 66.7 Å². The molecule has 0 fully saturated rings. The molecule has 3 aromatic heterocycles. The van der Waals surface area contributed by atoms with Crippen molar-refractivity contribution in [2.45, 2.75) is 30.9 Å². The van der Waals surface area contributed by atoms with Gasteiger partial charge < -0.3 is 9.13 Å². The molecular weight excluding hydrogens is 1030 g/mol. The molecule has 0 bridgehead atoms. The maximum atomic E-state index is 16.0. The van der Waals surface area contributed by atoms with Crippen molar-refractivity contribution in [3.05, 3.63) is 198 Å². The molecule has 0 aliphatic carbocycles. The molecule has 11 aromatic rings. The first-order valence-corrected chi connectivity index (χ1v) is 22.5. The van der Waals surface area contributed by atoms with Crippen LogP contribution in [0.25, 0.3) is 100 Å². The highest BCUT2D eigenvalue weighted by molar-refractivity contribution is 6.12. The average molecular weight is 1060 g/mol. The molecule has 0 saturated carbocycles. The van der Waals surface area contributed by atoms with Gasteiger partial charge in [0.25, 0.3) is 0 Å². The van der Waals surface area contributed by atoms with Gasteiger partial charge in [-0.3, -0.25) is 0 Å². The van der Waals surface area contributed by atoms with E-state index in [-0.39, 0.29) is 61.6 Å². The lowest BCUT2D eigenvalue weighted by molar-refractivity contribution is -0.138. The maximum absolute atomic E-state index is 16.0. The Bertz CT molecular complexity index is 3890. The van der Waals surface area contributed by atoms with Crippen molar-refractivity contribution in [3.8, 4) is 56.7 Å². The molecule has 0 N–H and O–H groups in total. The number of alkyl halides is 15. The summed E-state index contributed by atoms with van der Waals surface area (Å²) < 4.78 is 223. The number of fused-ring (bicyclic) bond motifs is 6. The minimum absolute atomic E-state index is 0.00946. The first kappa shape index (κ1) is 49.5. The summed E-state index contributed by atoms with van der Waals surface area (Å²) in [7, 11) is 0. The fourth-order valence-corrected chi connectivity index (χ4v) is 9.52. The van der Waals surface area contributed by atoms with Crippen molar-refractivity contribution < 1.29 is 65.9 Å². The number of rotatable bonds is 6. The van der Waals surface area contributed by atoms with E-state index >= 15 is 13.2 Å². The molecule has 20 heteroatoms. The summed E-state index contributed by atoms with van der Waals surface area (Å²) in [6.07, 6.45) is -25.4. The van der Waals surface area contributed by atoms with E-state index < -0.39 is 86.3 Å². The zero-order valence-electron chi connectivity index (χ0n) is 38.1. The molecule has 0 aliphatic heterocycles. The number of nitrogens with zero attached hydrogens (tertiary/aromatic N) is 5. The second-order valence-electron chi connectivity index (χ2n) is 17.6. The van der Waals surface area contributed by atoms with Gasteiger partial charge in [0, 0.05) is 49.4 Å². The van der Waals surface area contributed by atoms with Crippen molar-refractivity contribution in [1.29, 1.82) is 0 Å². The summed E-state index contributed by atoms with van der Waals surface area (Å²) in [4.78, 5) is 14.1. The predicted molar refractivity (Wildman–Crippen MR) is 255 cm³/mol. The van der Waals surface area contributed by atoms with E-state index in [1.165, 1.54) is 22.8 Å². The van der Waals surface area contributed by atoms with E-state index in [1.54, 1.807) is 60.7 Å². The largest absolute Gasteiger partial charge is 0.417 e. The molecule has 11 rings (SSSR count). The van der Waals surface area contributed by atoms with E-state index in [2.05, 4.69) is 4.98 Å². The van der Waals surface area contributed by atoms with Gasteiger partial charge in [-0.2, -0.15) is 65.9 Å². The average Bonchev–Trinajstić information content (AvgIpc) is 3.95. The van der Waals surface area contributed by atoms with E-state index in [9.17, 15) is 52.7 Å². The first-order valence-electron chi connectivity index (χ1n) is 22.5. The lowest BCUT2D eigenvalue weighted by Crippen LogP contribution is -2.12. The molecule has 3 heterocycles. The molecule has 0 amide bonds. The monoisotopic (exact) mass is 1060 g/mol. The second-order valence-corrected chi connectivity index (χ2v) is 17.6. The van der Waals surface area contributed by atoms with Crippen LogP contribution in [0.4, 0.5) is 65.9 Å². The van der Waals surface area contributed by atoms with Crippen molar-refractivity contribution >= 4 is 43.6 Å². The van der Waals surface area contributed by atoms with Gasteiger partial charge in [-0.25, -0.2) is 15.0 Å². The number of hydrogen-bond acceptors (Lipinski definition) is 3. The lowest BCUT2D eigenvalue weighted by Gasteiger charge is -2.23. The Morgan fingerprint density at radius 2 is 0.645 bits per heavy atom. The smallest absolute Gasteiger partial charge is 0.309 e. The molecule has 0 atom stereocenters. The van der Waals surface area contributed by atoms with Gasteiger partial charge in [0.2, 0.25) is 0 Å². The molecule has 0 saturated heterocycles. The molecular formula is C56H28F15N5. The summed E-state index contributed by atoms with van der Waals surface area (Å²) in [6.45, 7) is 0. The topological polar surface area (TPSA) is 48.5 Å². The summed E-state index contributed by atoms with van der Waals surface area (Å²) >= 11 is 0. The van der Waals surface area contributed by atoms with Gasteiger partial charge in [-0.15, -0.1) is 0 Å². The first-order chi connectivity index (χ1) is 35.8. The zero-order chi connectivity index (χ0) is 53.9. The fourth-order valence-electron chi connectivity index (χ4n) is 9.52. The van der Waals surface area contributed by atoms with Crippen LogP contribution in [0, 0.1) is 0 Å². The molecule has 0 radical (unpaired) electrons. The number of halogens is 15. The Labute approximate surface area is 417 Å². The normalized spacial score (nSPS) is 12.9. The standard InChI is InChI=1S/C56H28F15N5/c57-52(58,59)32-15-20-42-36(25-32)37-26-33(53(60,61)62)16-21-43(37)75(42)46-19-14-31(51-73-49(29-8-3-1-4-9-29)72-50(74-51)30-10-5-2-6-11-30)24-40(46)48-41(56(69,70)71)12-7-13-47(48)76-44-22-17-34(54(63,64)65)27-38(44)39-28-35(55(66,67)68)18-23-45(39)76/h1-28H. The van der Waals surface area contributed by atoms with E-state index in [1.807, 2.05) is 0 Å². The Morgan fingerprint density at radius 1 is 0.289 bits per heavy atom. The zero-order valence-corrected chi connectivity index (χ0v) is 38.1. The van der Waals surface area contributed by atoms with Crippen LogP contribution in [0.15, 0.2) is 170 Å². The molecule has 0 spiro atoms. The van der Waals surface area contributed by atoms with Gasteiger partial charge >= 0.3 is 30.9 Å². The fraction of sp³-hybridized carbons (Fsp3) is 0.0893. The SMILES string of the molecule is FC(F)(F)c1ccc2c(c1)c1cc(C(F)(F)F)ccc1n2-c1ccc(-c2nc(-c3ccccc3)nc(-c3ccccc3)n2)cc1-c1c(-n2c3ccc(C(F)(F)F)cc3c3cc(C(F)(F)F)ccc32)cccc1C(F)(F)F. The highest BCUT2D eigenvalue weighted by Crippen LogP contribution is 2.49. The molecule has 0 aliphatic rings. The third-order valence-electron chi connectivity index (χ3n) is 12.9. The van der Waals surface area contributed by atoms with Crippen LogP contribution >= 0.6 is 0 Å². The van der Waals surface area contributed by atoms with Crippen LogP contribution in [0.5, 0.6) is 0 Å². The summed E-state index contributed by atoms with van der Waals surface area (Å²) in [5.74, 6) is 0.0858. The van der Waals surface area contributed by atoms with Crippen LogP contribution in [0.1, 0.15) is 27.8 Å². The van der Waals surface area contributed by atoms with Crippen LogP contribution in [-0.4, -0.2) is 24.1 Å². The Hall–Kier alpha value is -8.68. The lowest BCUT2D eigenvalue weighted by atomic mass is 9.93. The number of hydrogen-bond donors (Lipinski definition) is 0.